The Bertz CT molecular complexity index is 918. The molecule has 26 heavy (non-hydrogen) atoms. The van der Waals surface area contributed by atoms with Crippen molar-refractivity contribution in [2.24, 2.45) is 0 Å². The molecule has 1 aliphatic heterocycles. The van der Waals surface area contributed by atoms with Gasteiger partial charge in [0.1, 0.15) is 0 Å². The molecule has 1 heterocycles. The number of hydrogen-bond acceptors (Lipinski definition) is 3. The van der Waals surface area contributed by atoms with E-state index in [1.54, 1.807) is 53.4 Å². The van der Waals surface area contributed by atoms with Crippen molar-refractivity contribution in [3.05, 3.63) is 70.1 Å². The van der Waals surface area contributed by atoms with E-state index < -0.39 is 10.0 Å². The lowest BCUT2D eigenvalue weighted by atomic mass is 10.2. The summed E-state index contributed by atoms with van der Waals surface area (Å²) in [5.41, 5.74) is 1.56. The molecule has 0 radical (unpaired) electrons. The number of sulfonamides is 1. The fourth-order valence-electron chi connectivity index (χ4n) is 2.76. The quantitative estimate of drug-likeness (QED) is 0.839. The maximum atomic E-state index is 12.4. The Labute approximate surface area is 158 Å². The maximum Gasteiger partial charge on any atom is 0.255 e. The number of likely N-dealkylation sites (tertiary alicyclic amines) is 1. The number of nitrogens with zero attached hydrogens (tertiary/aromatic N) is 1. The van der Waals surface area contributed by atoms with E-state index in [0.717, 1.165) is 36.9 Å². The van der Waals surface area contributed by atoms with Gasteiger partial charge in [0, 0.05) is 29.4 Å². The minimum Gasteiger partial charge on any atom is -0.339 e. The fourth-order valence-corrected chi connectivity index (χ4v) is 3.74. The van der Waals surface area contributed by atoms with Crippen LogP contribution >= 0.6 is 11.6 Å². The summed E-state index contributed by atoms with van der Waals surface area (Å²) in [7, 11) is -3.69. The average Bonchev–Trinajstić information content (AvgIpc) is 3.15. The van der Waals surface area contributed by atoms with Gasteiger partial charge in [-0.15, -0.1) is 0 Å². The van der Waals surface area contributed by atoms with Crippen LogP contribution in [0.5, 0.6) is 0 Å². The summed E-state index contributed by atoms with van der Waals surface area (Å²) in [6, 6.07) is 13.4. The van der Waals surface area contributed by atoms with Crippen LogP contribution in [0, 0.1) is 0 Å². The van der Waals surface area contributed by atoms with Gasteiger partial charge in [0.05, 0.1) is 5.41 Å². The Hall–Kier alpha value is -2.31. The van der Waals surface area contributed by atoms with Gasteiger partial charge in [-0.3, -0.25) is 9.52 Å². The minimum absolute atomic E-state index is 0.0692. The monoisotopic (exact) mass is 390 g/mol. The standard InChI is InChI=1S/C19H19ClN2O3S/c20-17-8-6-15(7-9-17)10-13-26(24,25)21-18-5-3-4-16(14-18)19(23)22-11-1-2-12-22/h3-10,13-14,21H,1-2,11-12H2/b13-10+. The summed E-state index contributed by atoms with van der Waals surface area (Å²) < 4.78 is 27.0. The van der Waals surface area contributed by atoms with Gasteiger partial charge >= 0.3 is 0 Å². The molecule has 136 valence electrons. The number of halogens is 1. The number of rotatable bonds is 5. The van der Waals surface area contributed by atoms with Gasteiger partial charge in [0.25, 0.3) is 15.9 Å². The van der Waals surface area contributed by atoms with Crippen LogP contribution in [0.25, 0.3) is 6.08 Å². The second-order valence-electron chi connectivity index (χ2n) is 6.08. The molecule has 0 spiro atoms. The molecule has 1 saturated heterocycles. The SMILES string of the molecule is O=C(c1cccc(NS(=O)(=O)/C=C/c2ccc(Cl)cc2)c1)N1CCCC1. The van der Waals surface area contributed by atoms with E-state index in [2.05, 4.69) is 4.72 Å². The lowest BCUT2D eigenvalue weighted by Crippen LogP contribution is -2.27. The molecule has 0 aromatic heterocycles. The Morgan fingerprint density at radius 2 is 1.77 bits per heavy atom. The number of carbonyl (C=O) groups excluding carboxylic acids is 1. The van der Waals surface area contributed by atoms with E-state index in [9.17, 15) is 13.2 Å². The first-order valence-electron chi connectivity index (χ1n) is 8.29. The van der Waals surface area contributed by atoms with Gasteiger partial charge in [-0.25, -0.2) is 8.42 Å². The minimum atomic E-state index is -3.69. The second kappa shape index (κ2) is 7.93. The topological polar surface area (TPSA) is 66.5 Å². The lowest BCUT2D eigenvalue weighted by molar-refractivity contribution is 0.0793. The van der Waals surface area contributed by atoms with E-state index in [4.69, 9.17) is 11.6 Å². The van der Waals surface area contributed by atoms with Crippen molar-refractivity contribution in [3.63, 3.8) is 0 Å². The Morgan fingerprint density at radius 1 is 1.08 bits per heavy atom. The first kappa shape index (κ1) is 18.5. The molecule has 3 rings (SSSR count). The van der Waals surface area contributed by atoms with Crippen molar-refractivity contribution >= 4 is 39.3 Å². The van der Waals surface area contributed by atoms with Crippen LogP contribution in [0.2, 0.25) is 5.02 Å². The smallest absolute Gasteiger partial charge is 0.255 e. The largest absolute Gasteiger partial charge is 0.339 e. The molecule has 1 amide bonds. The van der Waals surface area contributed by atoms with Crippen LogP contribution < -0.4 is 4.72 Å². The molecular weight excluding hydrogens is 372 g/mol. The highest BCUT2D eigenvalue weighted by Crippen LogP contribution is 2.18. The van der Waals surface area contributed by atoms with Crippen molar-refractivity contribution < 1.29 is 13.2 Å². The lowest BCUT2D eigenvalue weighted by Gasteiger charge is -2.15. The number of carbonyl (C=O) groups is 1. The van der Waals surface area contributed by atoms with Gasteiger partial charge in [-0.2, -0.15) is 0 Å². The van der Waals surface area contributed by atoms with Crippen LogP contribution in [0.15, 0.2) is 53.9 Å². The Morgan fingerprint density at radius 3 is 2.46 bits per heavy atom. The molecule has 1 fully saturated rings. The van der Waals surface area contributed by atoms with E-state index in [0.29, 0.717) is 16.3 Å². The van der Waals surface area contributed by atoms with Crippen LogP contribution in [0.1, 0.15) is 28.8 Å². The van der Waals surface area contributed by atoms with Gasteiger partial charge in [-0.1, -0.05) is 29.8 Å². The summed E-state index contributed by atoms with van der Waals surface area (Å²) in [5.74, 6) is -0.0692. The van der Waals surface area contributed by atoms with Crippen LogP contribution in [-0.2, 0) is 10.0 Å². The maximum absolute atomic E-state index is 12.4. The van der Waals surface area contributed by atoms with Gasteiger partial charge < -0.3 is 4.90 Å². The molecule has 0 bridgehead atoms. The zero-order valence-electron chi connectivity index (χ0n) is 14.1. The molecule has 0 atom stereocenters. The highest BCUT2D eigenvalue weighted by Gasteiger charge is 2.19. The number of hydrogen-bond donors (Lipinski definition) is 1. The number of anilines is 1. The molecule has 0 unspecified atom stereocenters. The number of benzene rings is 2. The van der Waals surface area contributed by atoms with Crippen molar-refractivity contribution in [2.45, 2.75) is 12.8 Å². The predicted molar refractivity (Wildman–Crippen MR) is 105 cm³/mol. The number of nitrogens with one attached hydrogen (secondary N) is 1. The zero-order chi connectivity index (χ0) is 18.6. The summed E-state index contributed by atoms with van der Waals surface area (Å²) in [4.78, 5) is 14.2. The highest BCUT2D eigenvalue weighted by molar-refractivity contribution is 7.95. The third kappa shape index (κ3) is 4.86. The summed E-state index contributed by atoms with van der Waals surface area (Å²) >= 11 is 5.81. The van der Waals surface area contributed by atoms with Crippen molar-refractivity contribution in [2.75, 3.05) is 17.8 Å². The molecule has 7 heteroatoms. The van der Waals surface area contributed by atoms with Crippen LogP contribution in [-0.4, -0.2) is 32.3 Å². The molecule has 0 aliphatic carbocycles. The highest BCUT2D eigenvalue weighted by atomic mass is 35.5. The van der Waals surface area contributed by atoms with Gasteiger partial charge in [0.15, 0.2) is 0 Å². The van der Waals surface area contributed by atoms with E-state index in [1.807, 2.05) is 0 Å². The Balaban J connectivity index is 1.72. The summed E-state index contributed by atoms with van der Waals surface area (Å²) in [6.07, 6.45) is 3.50. The van der Waals surface area contributed by atoms with Crippen molar-refractivity contribution in [1.29, 1.82) is 0 Å². The van der Waals surface area contributed by atoms with Crippen LogP contribution in [0.3, 0.4) is 0 Å². The zero-order valence-corrected chi connectivity index (χ0v) is 15.6. The molecule has 2 aromatic rings. The normalized spacial score (nSPS) is 14.7. The van der Waals surface area contributed by atoms with Crippen molar-refractivity contribution in [1.82, 2.24) is 4.90 Å². The van der Waals surface area contributed by atoms with Crippen LogP contribution in [0.4, 0.5) is 5.69 Å². The molecule has 1 aliphatic rings. The first-order valence-corrected chi connectivity index (χ1v) is 10.2. The van der Waals surface area contributed by atoms with Gasteiger partial charge in [-0.05, 0) is 54.8 Å². The molecule has 0 saturated carbocycles. The first-order chi connectivity index (χ1) is 12.4. The summed E-state index contributed by atoms with van der Waals surface area (Å²) in [5, 5.41) is 1.67. The fraction of sp³-hybridized carbons (Fsp3) is 0.211. The summed E-state index contributed by atoms with van der Waals surface area (Å²) in [6.45, 7) is 1.50. The molecule has 5 nitrogen and oxygen atoms in total. The number of amides is 1. The second-order valence-corrected chi connectivity index (χ2v) is 8.08. The Kier molecular flexibility index (Phi) is 5.64. The average molecular weight is 391 g/mol. The molecular formula is C19H19ClN2O3S. The molecule has 1 N–H and O–H groups in total. The predicted octanol–water partition coefficient (Wildman–Crippen LogP) is 3.99. The van der Waals surface area contributed by atoms with E-state index >= 15 is 0 Å². The van der Waals surface area contributed by atoms with E-state index in [1.165, 1.54) is 6.08 Å². The van der Waals surface area contributed by atoms with Crippen molar-refractivity contribution in [3.8, 4) is 0 Å². The third-order valence-corrected chi connectivity index (χ3v) is 5.34. The third-order valence-electron chi connectivity index (χ3n) is 4.07. The van der Waals surface area contributed by atoms with Gasteiger partial charge in [0.2, 0.25) is 0 Å². The van der Waals surface area contributed by atoms with E-state index in [-0.39, 0.29) is 5.91 Å². The molecule has 2 aromatic carbocycles.